The van der Waals surface area contributed by atoms with E-state index in [0.29, 0.717) is 11.9 Å². The van der Waals surface area contributed by atoms with E-state index in [1.54, 1.807) is 14.2 Å². The Balaban J connectivity index is 0.00000112. The topological polar surface area (TPSA) is 56.3 Å². The molecule has 0 bridgehead atoms. The molecule has 1 N–H and O–H groups in total. The van der Waals surface area contributed by atoms with E-state index in [2.05, 4.69) is 22.2 Å². The van der Waals surface area contributed by atoms with Crippen LogP contribution in [0.5, 0.6) is 11.9 Å². The van der Waals surface area contributed by atoms with Gasteiger partial charge in [-0.2, -0.15) is 9.97 Å². The van der Waals surface area contributed by atoms with Crippen LogP contribution in [-0.4, -0.2) is 24.2 Å². The van der Waals surface area contributed by atoms with Gasteiger partial charge < -0.3 is 14.8 Å². The monoisotopic (exact) mass is 231 g/mol. The smallest absolute Gasteiger partial charge is 0.319 e. The average molecular weight is 232 g/mol. The third kappa shape index (κ3) is 1.98. The molecule has 6 heteroatoms. The lowest BCUT2D eigenvalue weighted by atomic mass is 10.1. The summed E-state index contributed by atoms with van der Waals surface area (Å²) in [6.45, 7) is 2.80. The summed E-state index contributed by atoms with van der Waals surface area (Å²) in [4.78, 5) is 8.39. The summed E-state index contributed by atoms with van der Waals surface area (Å²) >= 11 is 0. The maximum atomic E-state index is 5.20. The van der Waals surface area contributed by atoms with Crippen LogP contribution >= 0.6 is 12.4 Å². The number of hydrogen-bond donors (Lipinski definition) is 1. The number of rotatable bonds is 2. The van der Waals surface area contributed by atoms with Crippen LogP contribution in [0.2, 0.25) is 0 Å². The molecule has 0 saturated heterocycles. The first-order valence-corrected chi connectivity index (χ1v) is 4.48. The molecule has 1 atom stereocenters. The lowest BCUT2D eigenvalue weighted by Gasteiger charge is -2.09. The van der Waals surface area contributed by atoms with Crippen molar-refractivity contribution in [3.05, 3.63) is 11.3 Å². The van der Waals surface area contributed by atoms with Gasteiger partial charge in [0, 0.05) is 12.6 Å². The van der Waals surface area contributed by atoms with Crippen molar-refractivity contribution in [3.8, 4) is 11.9 Å². The summed E-state index contributed by atoms with van der Waals surface area (Å²) in [5.41, 5.74) is 1.99. The predicted octanol–water partition coefficient (Wildman–Crippen LogP) is 1.08. The van der Waals surface area contributed by atoms with Crippen molar-refractivity contribution in [2.75, 3.05) is 14.2 Å². The minimum absolute atomic E-state index is 0. The van der Waals surface area contributed by atoms with Crippen molar-refractivity contribution in [1.29, 1.82) is 0 Å². The molecule has 2 heterocycles. The summed E-state index contributed by atoms with van der Waals surface area (Å²) < 4.78 is 10.2. The standard InChI is InChI=1S/C9H13N3O2.ClH/c1-5-7-6(4-10-5)11-9(14-3)12-8(7)13-2;/h5,10H,4H2,1-3H3;1H. The van der Waals surface area contributed by atoms with Crippen molar-refractivity contribution in [3.63, 3.8) is 0 Å². The minimum Gasteiger partial charge on any atom is -0.481 e. The molecule has 1 aromatic rings. The van der Waals surface area contributed by atoms with Crippen LogP contribution in [0, 0.1) is 0 Å². The fourth-order valence-electron chi connectivity index (χ4n) is 1.64. The Hall–Kier alpha value is -1.07. The SMILES string of the molecule is COc1nc2c(c(OC)n1)C(C)NC2.Cl. The zero-order chi connectivity index (χ0) is 10.1. The fourth-order valence-corrected chi connectivity index (χ4v) is 1.64. The van der Waals surface area contributed by atoms with Crippen molar-refractivity contribution < 1.29 is 9.47 Å². The number of nitrogens with zero attached hydrogens (tertiary/aromatic N) is 2. The molecular weight excluding hydrogens is 218 g/mol. The number of methoxy groups -OCH3 is 2. The maximum absolute atomic E-state index is 5.20. The van der Waals surface area contributed by atoms with Gasteiger partial charge in [0.1, 0.15) is 0 Å². The van der Waals surface area contributed by atoms with Crippen LogP contribution in [-0.2, 0) is 6.54 Å². The molecule has 0 saturated carbocycles. The summed E-state index contributed by atoms with van der Waals surface area (Å²) in [7, 11) is 3.15. The molecule has 1 aliphatic rings. The van der Waals surface area contributed by atoms with Crippen LogP contribution in [0.15, 0.2) is 0 Å². The van der Waals surface area contributed by atoms with E-state index in [-0.39, 0.29) is 18.4 Å². The van der Waals surface area contributed by atoms with Gasteiger partial charge in [-0.05, 0) is 6.92 Å². The molecule has 0 fully saturated rings. The van der Waals surface area contributed by atoms with E-state index in [9.17, 15) is 0 Å². The van der Waals surface area contributed by atoms with Gasteiger partial charge in [0.15, 0.2) is 0 Å². The van der Waals surface area contributed by atoms with Gasteiger partial charge in [-0.3, -0.25) is 0 Å². The van der Waals surface area contributed by atoms with E-state index < -0.39 is 0 Å². The quantitative estimate of drug-likeness (QED) is 0.826. The highest BCUT2D eigenvalue weighted by Crippen LogP contribution is 2.31. The van der Waals surface area contributed by atoms with Gasteiger partial charge >= 0.3 is 6.01 Å². The largest absolute Gasteiger partial charge is 0.481 e. The van der Waals surface area contributed by atoms with Gasteiger partial charge in [-0.25, -0.2) is 0 Å². The third-order valence-corrected chi connectivity index (χ3v) is 2.35. The van der Waals surface area contributed by atoms with Gasteiger partial charge in [0.25, 0.3) is 0 Å². The van der Waals surface area contributed by atoms with Crippen LogP contribution in [0.4, 0.5) is 0 Å². The number of hydrogen-bond acceptors (Lipinski definition) is 5. The Bertz CT molecular complexity index is 359. The number of halogens is 1. The second kappa shape index (κ2) is 4.63. The first kappa shape index (κ1) is 12.0. The van der Waals surface area contributed by atoms with Crippen LogP contribution in [0.3, 0.4) is 0 Å². The molecule has 0 aromatic carbocycles. The van der Waals surface area contributed by atoms with Gasteiger partial charge in [0.2, 0.25) is 5.88 Å². The Morgan fingerprint density at radius 3 is 2.60 bits per heavy atom. The summed E-state index contributed by atoms with van der Waals surface area (Å²) in [6.07, 6.45) is 0. The summed E-state index contributed by atoms with van der Waals surface area (Å²) in [5.74, 6) is 0.601. The van der Waals surface area contributed by atoms with E-state index in [1.165, 1.54) is 0 Å². The number of ether oxygens (including phenoxy) is 2. The Kier molecular flexibility index (Phi) is 3.71. The van der Waals surface area contributed by atoms with Crippen molar-refractivity contribution >= 4 is 12.4 Å². The zero-order valence-corrected chi connectivity index (χ0v) is 9.72. The summed E-state index contributed by atoms with van der Waals surface area (Å²) in [6, 6.07) is 0.599. The average Bonchev–Trinajstić information content (AvgIpc) is 2.59. The molecule has 5 nitrogen and oxygen atoms in total. The lowest BCUT2D eigenvalue weighted by molar-refractivity contribution is 0.347. The van der Waals surface area contributed by atoms with E-state index in [1.807, 2.05) is 0 Å². The van der Waals surface area contributed by atoms with Crippen molar-refractivity contribution in [2.45, 2.75) is 19.5 Å². The van der Waals surface area contributed by atoms with E-state index >= 15 is 0 Å². The third-order valence-electron chi connectivity index (χ3n) is 2.35. The van der Waals surface area contributed by atoms with E-state index in [4.69, 9.17) is 9.47 Å². The molecule has 84 valence electrons. The minimum atomic E-state index is 0. The molecular formula is C9H14ClN3O2. The second-order valence-electron chi connectivity index (χ2n) is 3.18. The molecule has 1 aromatic heterocycles. The predicted molar refractivity (Wildman–Crippen MR) is 57.6 cm³/mol. The fraction of sp³-hybridized carbons (Fsp3) is 0.556. The van der Waals surface area contributed by atoms with Crippen molar-refractivity contribution in [1.82, 2.24) is 15.3 Å². The molecule has 0 radical (unpaired) electrons. The highest BCUT2D eigenvalue weighted by atomic mass is 35.5. The number of nitrogens with one attached hydrogen (secondary N) is 1. The van der Waals surface area contributed by atoms with Crippen LogP contribution < -0.4 is 14.8 Å². The Morgan fingerprint density at radius 1 is 1.27 bits per heavy atom. The van der Waals surface area contributed by atoms with Gasteiger partial charge in [-0.15, -0.1) is 12.4 Å². The first-order chi connectivity index (χ1) is 6.76. The lowest BCUT2D eigenvalue weighted by Crippen LogP contribution is -2.08. The van der Waals surface area contributed by atoms with Gasteiger partial charge in [-0.1, -0.05) is 0 Å². The molecule has 0 aliphatic carbocycles. The second-order valence-corrected chi connectivity index (χ2v) is 3.18. The number of aromatic nitrogens is 2. The maximum Gasteiger partial charge on any atom is 0.319 e. The normalized spacial score (nSPS) is 17.9. The Labute approximate surface area is 94.6 Å². The molecule has 2 rings (SSSR count). The summed E-state index contributed by atoms with van der Waals surface area (Å²) in [5, 5.41) is 3.27. The highest BCUT2D eigenvalue weighted by Gasteiger charge is 2.25. The van der Waals surface area contributed by atoms with Gasteiger partial charge in [0.05, 0.1) is 25.5 Å². The first-order valence-electron chi connectivity index (χ1n) is 4.48. The van der Waals surface area contributed by atoms with Crippen LogP contribution in [0.1, 0.15) is 24.2 Å². The Morgan fingerprint density at radius 2 is 2.00 bits per heavy atom. The highest BCUT2D eigenvalue weighted by molar-refractivity contribution is 5.85. The molecule has 0 amide bonds. The van der Waals surface area contributed by atoms with Crippen molar-refractivity contribution in [2.24, 2.45) is 0 Å². The number of fused-ring (bicyclic) bond motifs is 1. The molecule has 1 unspecified atom stereocenters. The molecule has 1 aliphatic heterocycles. The van der Waals surface area contributed by atoms with Crippen LogP contribution in [0.25, 0.3) is 0 Å². The molecule has 0 spiro atoms. The van der Waals surface area contributed by atoms with E-state index in [0.717, 1.165) is 17.8 Å². The molecule has 15 heavy (non-hydrogen) atoms. The zero-order valence-electron chi connectivity index (χ0n) is 8.90.